The highest BCUT2D eigenvalue weighted by Gasteiger charge is 1.98. The van der Waals surface area contributed by atoms with Gasteiger partial charge in [-0.2, -0.15) is 0 Å². The monoisotopic (exact) mass is 384 g/mol. The van der Waals surface area contributed by atoms with E-state index in [1.54, 1.807) is 26.4 Å². The maximum atomic E-state index is 9.17. The van der Waals surface area contributed by atoms with E-state index in [0.717, 1.165) is 22.6 Å². The van der Waals surface area contributed by atoms with Gasteiger partial charge in [-0.3, -0.25) is 0 Å². The lowest BCUT2D eigenvalue weighted by atomic mass is 10.1. The molecule has 0 atom stereocenters. The minimum absolute atomic E-state index is 0.285. The maximum Gasteiger partial charge on any atom is 0.118 e. The van der Waals surface area contributed by atoms with Gasteiger partial charge in [0.05, 0.1) is 14.2 Å². The number of ether oxygens (including phenoxy) is 2. The van der Waals surface area contributed by atoms with Crippen LogP contribution in [0.25, 0.3) is 22.3 Å². The van der Waals surface area contributed by atoms with Crippen LogP contribution in [0.3, 0.4) is 0 Å². The molecule has 0 aromatic heterocycles. The Morgan fingerprint density at radius 1 is 0.448 bits per heavy atom. The molecule has 3 heteroatoms. The molecule has 0 spiro atoms. The van der Waals surface area contributed by atoms with E-state index in [-0.39, 0.29) is 5.75 Å². The molecule has 0 aliphatic rings. The molecule has 0 aliphatic heterocycles. The minimum Gasteiger partial charge on any atom is -0.508 e. The van der Waals surface area contributed by atoms with Gasteiger partial charge in [-0.25, -0.2) is 0 Å². The zero-order chi connectivity index (χ0) is 20.5. The lowest BCUT2D eigenvalue weighted by Gasteiger charge is -2.03. The Morgan fingerprint density at radius 3 is 1.17 bits per heavy atom. The predicted molar refractivity (Wildman–Crippen MR) is 119 cm³/mol. The molecule has 0 heterocycles. The van der Waals surface area contributed by atoms with E-state index >= 15 is 0 Å². The first-order valence-corrected chi connectivity index (χ1v) is 9.32. The highest BCUT2D eigenvalue weighted by atomic mass is 16.5. The van der Waals surface area contributed by atoms with Gasteiger partial charge < -0.3 is 14.6 Å². The molecule has 3 nitrogen and oxygen atoms in total. The fraction of sp³-hybridized carbons (Fsp3) is 0.0769. The summed E-state index contributed by atoms with van der Waals surface area (Å²) in [4.78, 5) is 0. The topological polar surface area (TPSA) is 38.7 Å². The van der Waals surface area contributed by atoms with Gasteiger partial charge in [0.1, 0.15) is 17.2 Å². The lowest BCUT2D eigenvalue weighted by Crippen LogP contribution is -1.82. The first-order chi connectivity index (χ1) is 14.2. The van der Waals surface area contributed by atoms with Gasteiger partial charge in [0.25, 0.3) is 0 Å². The van der Waals surface area contributed by atoms with Crippen molar-refractivity contribution in [3.8, 4) is 39.5 Å². The molecule has 0 saturated heterocycles. The molecule has 0 bridgehead atoms. The van der Waals surface area contributed by atoms with Gasteiger partial charge >= 0.3 is 0 Å². The Bertz CT molecular complexity index is 991. The van der Waals surface area contributed by atoms with E-state index < -0.39 is 0 Å². The molecule has 4 rings (SSSR count). The Kier molecular flexibility index (Phi) is 6.90. The van der Waals surface area contributed by atoms with Crippen molar-refractivity contribution in [2.45, 2.75) is 0 Å². The summed E-state index contributed by atoms with van der Waals surface area (Å²) >= 11 is 0. The number of aromatic hydroxyl groups is 1. The van der Waals surface area contributed by atoms with Crippen molar-refractivity contribution in [1.29, 1.82) is 0 Å². The molecule has 4 aromatic carbocycles. The third-order valence-electron chi connectivity index (χ3n) is 4.49. The van der Waals surface area contributed by atoms with Gasteiger partial charge in [-0.1, -0.05) is 66.7 Å². The molecular formula is C26H24O3. The average molecular weight is 384 g/mol. The van der Waals surface area contributed by atoms with Crippen LogP contribution in [-0.4, -0.2) is 19.3 Å². The van der Waals surface area contributed by atoms with E-state index in [1.807, 2.05) is 66.7 Å². The summed E-state index contributed by atoms with van der Waals surface area (Å²) in [6.45, 7) is 0. The van der Waals surface area contributed by atoms with Crippen LogP contribution in [0.15, 0.2) is 103 Å². The van der Waals surface area contributed by atoms with Crippen LogP contribution in [0.4, 0.5) is 0 Å². The highest BCUT2D eigenvalue weighted by Crippen LogP contribution is 2.24. The van der Waals surface area contributed by atoms with E-state index in [0.29, 0.717) is 0 Å². The van der Waals surface area contributed by atoms with Crippen LogP contribution in [0, 0.1) is 0 Å². The second kappa shape index (κ2) is 10.00. The van der Waals surface area contributed by atoms with Gasteiger partial charge in [-0.15, -0.1) is 0 Å². The molecule has 29 heavy (non-hydrogen) atoms. The molecule has 146 valence electrons. The summed E-state index contributed by atoms with van der Waals surface area (Å²) in [6, 6.07) is 33.3. The van der Waals surface area contributed by atoms with Gasteiger partial charge in [-0.05, 0) is 58.7 Å². The number of rotatable bonds is 4. The maximum absolute atomic E-state index is 9.17. The smallest absolute Gasteiger partial charge is 0.118 e. The van der Waals surface area contributed by atoms with E-state index in [1.165, 1.54) is 11.1 Å². The molecule has 0 amide bonds. The number of methoxy groups -OCH3 is 2. The SMILES string of the molecule is COc1ccc(-c2ccc(O)cc2)cc1.COc1ccc(-c2ccccc2)cc1. The Labute approximate surface area is 171 Å². The Balaban J connectivity index is 0.000000166. The van der Waals surface area contributed by atoms with Crippen molar-refractivity contribution in [2.24, 2.45) is 0 Å². The second-order valence-corrected chi connectivity index (χ2v) is 6.37. The zero-order valence-corrected chi connectivity index (χ0v) is 16.6. The molecule has 0 saturated carbocycles. The van der Waals surface area contributed by atoms with Crippen LogP contribution in [0.5, 0.6) is 17.2 Å². The van der Waals surface area contributed by atoms with Crippen molar-refractivity contribution < 1.29 is 14.6 Å². The summed E-state index contributed by atoms with van der Waals surface area (Å²) in [5.74, 6) is 2.02. The Morgan fingerprint density at radius 2 is 0.793 bits per heavy atom. The zero-order valence-electron chi connectivity index (χ0n) is 16.6. The summed E-state index contributed by atoms with van der Waals surface area (Å²) in [5, 5.41) is 9.17. The largest absolute Gasteiger partial charge is 0.508 e. The third kappa shape index (κ3) is 5.63. The molecule has 1 N–H and O–H groups in total. The number of phenols is 1. The van der Waals surface area contributed by atoms with Crippen molar-refractivity contribution in [3.63, 3.8) is 0 Å². The van der Waals surface area contributed by atoms with E-state index in [4.69, 9.17) is 14.6 Å². The first-order valence-electron chi connectivity index (χ1n) is 9.32. The fourth-order valence-corrected chi connectivity index (χ4v) is 2.85. The minimum atomic E-state index is 0.285. The van der Waals surface area contributed by atoms with E-state index in [2.05, 4.69) is 24.3 Å². The number of phenolic OH excluding ortho intramolecular Hbond substituents is 1. The Hall–Kier alpha value is -3.72. The summed E-state index contributed by atoms with van der Waals surface area (Å²) in [6.07, 6.45) is 0. The van der Waals surface area contributed by atoms with Crippen LogP contribution in [0.1, 0.15) is 0 Å². The standard InChI is InChI=1S/C13H12O2.C13H12O/c1-15-13-8-4-11(5-9-13)10-2-6-12(14)7-3-10;1-14-13-9-7-12(8-10-13)11-5-3-2-4-6-11/h2-9,14H,1H3;2-10H,1H3. The van der Waals surface area contributed by atoms with Crippen LogP contribution in [0.2, 0.25) is 0 Å². The van der Waals surface area contributed by atoms with Crippen molar-refractivity contribution in [3.05, 3.63) is 103 Å². The second-order valence-electron chi connectivity index (χ2n) is 6.37. The predicted octanol–water partition coefficient (Wildman–Crippen LogP) is 6.43. The third-order valence-corrected chi connectivity index (χ3v) is 4.49. The summed E-state index contributed by atoms with van der Waals surface area (Å²) < 4.78 is 10.2. The number of hydrogen-bond acceptors (Lipinski definition) is 3. The van der Waals surface area contributed by atoms with Gasteiger partial charge in [0.2, 0.25) is 0 Å². The van der Waals surface area contributed by atoms with Gasteiger partial charge in [0.15, 0.2) is 0 Å². The average Bonchev–Trinajstić information content (AvgIpc) is 2.81. The molecule has 4 aromatic rings. The summed E-state index contributed by atoms with van der Waals surface area (Å²) in [5.41, 5.74) is 4.63. The van der Waals surface area contributed by atoms with Crippen molar-refractivity contribution in [2.75, 3.05) is 14.2 Å². The fourth-order valence-electron chi connectivity index (χ4n) is 2.85. The quantitative estimate of drug-likeness (QED) is 0.441. The van der Waals surface area contributed by atoms with Crippen LogP contribution < -0.4 is 9.47 Å². The normalized spacial score (nSPS) is 9.86. The molecule has 0 fully saturated rings. The number of hydrogen-bond donors (Lipinski definition) is 1. The molecular weight excluding hydrogens is 360 g/mol. The molecule has 0 unspecified atom stereocenters. The lowest BCUT2D eigenvalue weighted by molar-refractivity contribution is 0.415. The van der Waals surface area contributed by atoms with Crippen molar-refractivity contribution >= 4 is 0 Å². The van der Waals surface area contributed by atoms with Crippen LogP contribution >= 0.6 is 0 Å². The highest BCUT2D eigenvalue weighted by molar-refractivity contribution is 5.65. The van der Waals surface area contributed by atoms with E-state index in [9.17, 15) is 0 Å². The number of benzene rings is 4. The molecule has 0 radical (unpaired) electrons. The van der Waals surface area contributed by atoms with Gasteiger partial charge in [0, 0.05) is 0 Å². The summed E-state index contributed by atoms with van der Waals surface area (Å²) in [7, 11) is 3.33. The molecule has 0 aliphatic carbocycles. The van der Waals surface area contributed by atoms with Crippen molar-refractivity contribution in [1.82, 2.24) is 0 Å². The van der Waals surface area contributed by atoms with Crippen LogP contribution in [-0.2, 0) is 0 Å². The first kappa shape index (κ1) is 20.0.